The van der Waals surface area contributed by atoms with Gasteiger partial charge in [0.05, 0.1) is 0 Å². The van der Waals surface area contributed by atoms with Crippen molar-refractivity contribution in [1.29, 1.82) is 0 Å². The average molecular weight is 270 g/mol. The molecule has 0 aromatic heterocycles. The Balaban J connectivity index is 2.20. The molecule has 1 atom stereocenters. The summed E-state index contributed by atoms with van der Waals surface area (Å²) >= 11 is 0. The molecule has 0 amide bonds. The van der Waals surface area contributed by atoms with Crippen molar-refractivity contribution < 1.29 is 14.6 Å². The van der Waals surface area contributed by atoms with Gasteiger partial charge in [-0.2, -0.15) is 0 Å². The summed E-state index contributed by atoms with van der Waals surface area (Å²) in [5.74, 6) is -0.373. The highest BCUT2D eigenvalue weighted by Gasteiger charge is 2.21. The molecule has 104 valence electrons. The van der Waals surface area contributed by atoms with Crippen LogP contribution in [0.3, 0.4) is 0 Å². The molecule has 2 aromatic carbocycles. The van der Waals surface area contributed by atoms with Crippen LogP contribution in [0.1, 0.15) is 16.7 Å². The number of hydrogen-bond donors (Lipinski definition) is 1. The molecule has 0 unspecified atom stereocenters. The predicted molar refractivity (Wildman–Crippen MR) is 78.1 cm³/mol. The molecule has 0 bridgehead atoms. The topological polar surface area (TPSA) is 46.5 Å². The number of carbonyl (C=O) groups is 1. The number of aryl methyl sites for hydroxylation is 2. The predicted octanol–water partition coefficient (Wildman–Crippen LogP) is 3.38. The highest BCUT2D eigenvalue weighted by Crippen LogP contribution is 2.19. The van der Waals surface area contributed by atoms with E-state index in [1.165, 1.54) is 0 Å². The van der Waals surface area contributed by atoms with Gasteiger partial charge in [0.2, 0.25) is 0 Å². The van der Waals surface area contributed by atoms with Gasteiger partial charge < -0.3 is 9.84 Å². The standard InChI is InChI=1S/C17H18O3/c1-12-7-6-8-13(2)15(12)11-16(17(18)19)20-14-9-4-3-5-10-14/h3-10,16H,11H2,1-2H3,(H,18,19)/t16-/m0/s1. The van der Waals surface area contributed by atoms with Gasteiger partial charge in [0.15, 0.2) is 6.10 Å². The second kappa shape index (κ2) is 6.24. The minimum absolute atomic E-state index is 0.364. The molecule has 20 heavy (non-hydrogen) atoms. The summed E-state index contributed by atoms with van der Waals surface area (Å²) in [7, 11) is 0. The first-order valence-electron chi connectivity index (χ1n) is 6.57. The number of carboxylic acid groups (broad SMARTS) is 1. The van der Waals surface area contributed by atoms with Crippen molar-refractivity contribution in [3.63, 3.8) is 0 Å². The third kappa shape index (κ3) is 3.38. The van der Waals surface area contributed by atoms with Crippen molar-refractivity contribution in [3.8, 4) is 5.75 Å². The third-order valence-electron chi connectivity index (χ3n) is 3.33. The molecule has 2 rings (SSSR count). The molecular formula is C17H18O3. The fourth-order valence-corrected chi connectivity index (χ4v) is 2.20. The van der Waals surface area contributed by atoms with Crippen molar-refractivity contribution in [3.05, 3.63) is 65.2 Å². The molecule has 0 aliphatic heterocycles. The van der Waals surface area contributed by atoms with Crippen molar-refractivity contribution >= 4 is 5.97 Å². The maximum absolute atomic E-state index is 11.4. The summed E-state index contributed by atoms with van der Waals surface area (Å²) in [6, 6.07) is 15.0. The smallest absolute Gasteiger partial charge is 0.345 e. The van der Waals surface area contributed by atoms with Crippen LogP contribution in [0.5, 0.6) is 5.75 Å². The third-order valence-corrected chi connectivity index (χ3v) is 3.33. The van der Waals surface area contributed by atoms with Gasteiger partial charge in [-0.25, -0.2) is 4.79 Å². The van der Waals surface area contributed by atoms with Gasteiger partial charge in [0.1, 0.15) is 5.75 Å². The van der Waals surface area contributed by atoms with Crippen molar-refractivity contribution in [1.82, 2.24) is 0 Å². The molecule has 3 nitrogen and oxygen atoms in total. The zero-order chi connectivity index (χ0) is 14.5. The Bertz CT molecular complexity index is 570. The summed E-state index contributed by atoms with van der Waals surface area (Å²) in [5, 5.41) is 9.35. The zero-order valence-electron chi connectivity index (χ0n) is 11.7. The van der Waals surface area contributed by atoms with Crippen LogP contribution >= 0.6 is 0 Å². The molecule has 0 spiro atoms. The van der Waals surface area contributed by atoms with Gasteiger partial charge in [-0.15, -0.1) is 0 Å². The van der Waals surface area contributed by atoms with Crippen LogP contribution in [0.25, 0.3) is 0 Å². The molecule has 0 aliphatic carbocycles. The molecule has 0 heterocycles. The SMILES string of the molecule is Cc1cccc(C)c1C[C@H](Oc1ccccc1)C(=O)O. The minimum atomic E-state index is -0.948. The van der Waals surface area contributed by atoms with Crippen molar-refractivity contribution in [2.24, 2.45) is 0 Å². The van der Waals surface area contributed by atoms with Crippen molar-refractivity contribution in [2.75, 3.05) is 0 Å². The van der Waals surface area contributed by atoms with E-state index in [2.05, 4.69) is 0 Å². The van der Waals surface area contributed by atoms with E-state index in [1.807, 2.05) is 50.2 Å². The highest BCUT2D eigenvalue weighted by molar-refractivity contribution is 5.73. The summed E-state index contributed by atoms with van der Waals surface area (Å²) < 4.78 is 5.59. The lowest BCUT2D eigenvalue weighted by Crippen LogP contribution is -2.30. The number of carboxylic acids is 1. The molecule has 1 N–H and O–H groups in total. The van der Waals surface area contributed by atoms with Gasteiger partial charge in [0.25, 0.3) is 0 Å². The number of para-hydroxylation sites is 1. The quantitative estimate of drug-likeness (QED) is 0.906. The Morgan fingerprint density at radius 1 is 1.05 bits per heavy atom. The van der Waals surface area contributed by atoms with Crippen LogP contribution in [-0.4, -0.2) is 17.2 Å². The monoisotopic (exact) mass is 270 g/mol. The molecule has 0 saturated heterocycles. The summed E-state index contributed by atoms with van der Waals surface area (Å²) in [6.07, 6.45) is -0.514. The first-order valence-corrected chi connectivity index (χ1v) is 6.57. The second-order valence-corrected chi connectivity index (χ2v) is 4.83. The van der Waals surface area contributed by atoms with E-state index in [4.69, 9.17) is 4.74 Å². The van der Waals surface area contributed by atoms with Gasteiger partial charge >= 0.3 is 5.97 Å². The first-order chi connectivity index (χ1) is 9.58. The maximum Gasteiger partial charge on any atom is 0.345 e. The molecular weight excluding hydrogens is 252 g/mol. The van der Waals surface area contributed by atoms with E-state index in [1.54, 1.807) is 12.1 Å². The van der Waals surface area contributed by atoms with Gasteiger partial charge in [-0.05, 0) is 42.7 Å². The van der Waals surface area contributed by atoms with E-state index in [9.17, 15) is 9.90 Å². The van der Waals surface area contributed by atoms with Gasteiger partial charge in [-0.1, -0.05) is 36.4 Å². The lowest BCUT2D eigenvalue weighted by Gasteiger charge is -2.17. The number of aliphatic carboxylic acids is 1. The Labute approximate surface area is 118 Å². The molecule has 0 saturated carbocycles. The molecule has 0 radical (unpaired) electrons. The second-order valence-electron chi connectivity index (χ2n) is 4.83. The molecule has 0 fully saturated rings. The Morgan fingerprint density at radius 3 is 2.20 bits per heavy atom. The maximum atomic E-state index is 11.4. The number of benzene rings is 2. The molecule has 3 heteroatoms. The number of hydrogen-bond acceptors (Lipinski definition) is 2. The van der Waals surface area contributed by atoms with Crippen LogP contribution in [0.4, 0.5) is 0 Å². The summed E-state index contributed by atoms with van der Waals surface area (Å²) in [4.78, 5) is 11.4. The fraction of sp³-hybridized carbons (Fsp3) is 0.235. The first kappa shape index (κ1) is 14.1. The van der Waals surface area contributed by atoms with Crippen LogP contribution in [-0.2, 0) is 11.2 Å². The van der Waals surface area contributed by atoms with E-state index in [0.717, 1.165) is 16.7 Å². The van der Waals surface area contributed by atoms with Gasteiger partial charge in [0, 0.05) is 6.42 Å². The lowest BCUT2D eigenvalue weighted by molar-refractivity contribution is -0.145. The number of rotatable bonds is 5. The highest BCUT2D eigenvalue weighted by atomic mass is 16.5. The van der Waals surface area contributed by atoms with Crippen LogP contribution < -0.4 is 4.74 Å². The Hall–Kier alpha value is -2.29. The normalized spacial score (nSPS) is 11.9. The Kier molecular flexibility index (Phi) is 4.41. The largest absolute Gasteiger partial charge is 0.478 e. The summed E-state index contributed by atoms with van der Waals surface area (Å²) in [6.45, 7) is 3.98. The van der Waals surface area contributed by atoms with E-state index >= 15 is 0 Å². The average Bonchev–Trinajstić information content (AvgIpc) is 2.42. The summed E-state index contributed by atoms with van der Waals surface area (Å²) in [5.41, 5.74) is 3.22. The molecule has 2 aromatic rings. The number of ether oxygens (including phenoxy) is 1. The van der Waals surface area contributed by atoms with Crippen LogP contribution in [0.2, 0.25) is 0 Å². The van der Waals surface area contributed by atoms with E-state index in [0.29, 0.717) is 12.2 Å². The zero-order valence-corrected chi connectivity index (χ0v) is 11.7. The lowest BCUT2D eigenvalue weighted by atomic mass is 9.97. The van der Waals surface area contributed by atoms with Crippen molar-refractivity contribution in [2.45, 2.75) is 26.4 Å². The van der Waals surface area contributed by atoms with E-state index in [-0.39, 0.29) is 0 Å². The van der Waals surface area contributed by atoms with Gasteiger partial charge in [-0.3, -0.25) is 0 Å². The minimum Gasteiger partial charge on any atom is -0.478 e. The molecule has 0 aliphatic rings. The van der Waals surface area contributed by atoms with Crippen LogP contribution in [0, 0.1) is 13.8 Å². The fourth-order valence-electron chi connectivity index (χ4n) is 2.20. The Morgan fingerprint density at radius 2 is 1.65 bits per heavy atom. The van der Waals surface area contributed by atoms with E-state index < -0.39 is 12.1 Å². The van der Waals surface area contributed by atoms with Crippen LogP contribution in [0.15, 0.2) is 48.5 Å².